The summed E-state index contributed by atoms with van der Waals surface area (Å²) >= 11 is 0. The number of aromatic nitrogens is 2. The molecule has 19 heavy (non-hydrogen) atoms. The molecule has 0 spiro atoms. The van der Waals surface area contributed by atoms with Gasteiger partial charge in [0, 0.05) is 25.1 Å². The predicted octanol–water partition coefficient (Wildman–Crippen LogP) is 3.61. The van der Waals surface area contributed by atoms with E-state index in [1.165, 1.54) is 32.1 Å². The van der Waals surface area contributed by atoms with E-state index >= 15 is 0 Å². The maximum absolute atomic E-state index is 4.59. The zero-order valence-corrected chi connectivity index (χ0v) is 12.2. The average molecular weight is 262 g/mol. The van der Waals surface area contributed by atoms with E-state index in [0.29, 0.717) is 6.04 Å². The fourth-order valence-corrected chi connectivity index (χ4v) is 2.53. The van der Waals surface area contributed by atoms with Crippen LogP contribution in [0, 0.1) is 0 Å². The number of aryl methyl sites for hydroxylation is 1. The van der Waals surface area contributed by atoms with Crippen molar-refractivity contribution in [2.24, 2.45) is 0 Å². The molecule has 1 aliphatic carbocycles. The van der Waals surface area contributed by atoms with Gasteiger partial charge in [0.1, 0.15) is 17.5 Å². The molecule has 1 aromatic rings. The van der Waals surface area contributed by atoms with Crippen LogP contribution in [0.4, 0.5) is 11.6 Å². The molecule has 0 amide bonds. The Morgan fingerprint density at radius 3 is 2.53 bits per heavy atom. The molecule has 0 saturated heterocycles. The van der Waals surface area contributed by atoms with E-state index in [4.69, 9.17) is 0 Å². The zero-order valence-electron chi connectivity index (χ0n) is 12.2. The second-order valence-electron chi connectivity index (χ2n) is 5.31. The van der Waals surface area contributed by atoms with Crippen molar-refractivity contribution in [2.75, 3.05) is 17.2 Å². The van der Waals surface area contributed by atoms with E-state index < -0.39 is 0 Å². The van der Waals surface area contributed by atoms with Crippen LogP contribution in [0.2, 0.25) is 0 Å². The van der Waals surface area contributed by atoms with E-state index in [1.54, 1.807) is 0 Å². The molecule has 4 nitrogen and oxygen atoms in total. The molecule has 106 valence electrons. The first-order valence-corrected chi connectivity index (χ1v) is 7.70. The van der Waals surface area contributed by atoms with Crippen molar-refractivity contribution in [1.29, 1.82) is 0 Å². The summed E-state index contributed by atoms with van der Waals surface area (Å²) in [5.41, 5.74) is 0. The molecule has 0 aromatic carbocycles. The number of nitrogens with zero attached hydrogens (tertiary/aromatic N) is 2. The van der Waals surface area contributed by atoms with Crippen LogP contribution < -0.4 is 10.6 Å². The van der Waals surface area contributed by atoms with Gasteiger partial charge in [-0.1, -0.05) is 33.1 Å². The van der Waals surface area contributed by atoms with Crippen molar-refractivity contribution in [3.63, 3.8) is 0 Å². The van der Waals surface area contributed by atoms with Gasteiger partial charge in [0.25, 0.3) is 0 Å². The largest absolute Gasteiger partial charge is 0.370 e. The fourth-order valence-electron chi connectivity index (χ4n) is 2.53. The summed E-state index contributed by atoms with van der Waals surface area (Å²) in [5, 5.41) is 6.94. The monoisotopic (exact) mass is 262 g/mol. The lowest BCUT2D eigenvalue weighted by Gasteiger charge is -2.23. The Morgan fingerprint density at radius 1 is 1.11 bits per heavy atom. The molecule has 1 aliphatic rings. The highest BCUT2D eigenvalue weighted by atomic mass is 15.1. The van der Waals surface area contributed by atoms with Crippen LogP contribution in [-0.2, 0) is 6.42 Å². The van der Waals surface area contributed by atoms with Crippen molar-refractivity contribution in [2.45, 2.75) is 64.8 Å². The molecule has 1 saturated carbocycles. The summed E-state index contributed by atoms with van der Waals surface area (Å²) in [6.45, 7) is 5.22. The van der Waals surface area contributed by atoms with E-state index in [2.05, 4.69) is 34.4 Å². The Morgan fingerprint density at radius 2 is 1.84 bits per heavy atom. The Hall–Kier alpha value is -1.32. The van der Waals surface area contributed by atoms with Crippen molar-refractivity contribution in [1.82, 2.24) is 9.97 Å². The van der Waals surface area contributed by atoms with E-state index in [0.717, 1.165) is 36.8 Å². The summed E-state index contributed by atoms with van der Waals surface area (Å²) in [6.07, 6.45) is 8.57. The molecule has 0 bridgehead atoms. The Labute approximate surface area is 116 Å². The number of anilines is 2. The lowest BCUT2D eigenvalue weighted by molar-refractivity contribution is 0.461. The minimum atomic E-state index is 0.590. The van der Waals surface area contributed by atoms with Gasteiger partial charge in [-0.25, -0.2) is 9.97 Å². The zero-order chi connectivity index (χ0) is 13.5. The van der Waals surface area contributed by atoms with Gasteiger partial charge in [-0.3, -0.25) is 0 Å². The van der Waals surface area contributed by atoms with Crippen molar-refractivity contribution < 1.29 is 0 Å². The molecule has 1 fully saturated rings. The molecule has 0 unspecified atom stereocenters. The Balaban J connectivity index is 2.04. The molecule has 4 heteroatoms. The first-order valence-electron chi connectivity index (χ1n) is 7.70. The number of rotatable bonds is 6. The first kappa shape index (κ1) is 14.1. The van der Waals surface area contributed by atoms with Gasteiger partial charge >= 0.3 is 0 Å². The van der Waals surface area contributed by atoms with Crippen molar-refractivity contribution in [3.05, 3.63) is 11.9 Å². The van der Waals surface area contributed by atoms with Gasteiger partial charge in [-0.2, -0.15) is 0 Å². The van der Waals surface area contributed by atoms with Gasteiger partial charge in [0.15, 0.2) is 0 Å². The standard InChI is InChI=1S/C15H26N4/c1-3-10-16-14-11-15(19-13(4-2)18-14)17-12-8-6-5-7-9-12/h11-12H,3-10H2,1-2H3,(H2,16,17,18,19). The smallest absolute Gasteiger partial charge is 0.132 e. The van der Waals surface area contributed by atoms with Crippen LogP contribution in [0.15, 0.2) is 6.07 Å². The molecule has 2 N–H and O–H groups in total. The van der Waals surface area contributed by atoms with Crippen LogP contribution in [-0.4, -0.2) is 22.6 Å². The Kier molecular flexibility index (Phi) is 5.43. The lowest BCUT2D eigenvalue weighted by atomic mass is 9.95. The van der Waals surface area contributed by atoms with E-state index in [-0.39, 0.29) is 0 Å². The van der Waals surface area contributed by atoms with Gasteiger partial charge in [0.2, 0.25) is 0 Å². The quantitative estimate of drug-likeness (QED) is 0.822. The summed E-state index contributed by atoms with van der Waals surface area (Å²) < 4.78 is 0. The highest BCUT2D eigenvalue weighted by Gasteiger charge is 2.14. The predicted molar refractivity (Wildman–Crippen MR) is 80.7 cm³/mol. The number of hydrogen-bond acceptors (Lipinski definition) is 4. The maximum atomic E-state index is 4.59. The highest BCUT2D eigenvalue weighted by Crippen LogP contribution is 2.22. The molecule has 0 radical (unpaired) electrons. The topological polar surface area (TPSA) is 49.8 Å². The minimum Gasteiger partial charge on any atom is -0.370 e. The van der Waals surface area contributed by atoms with E-state index in [9.17, 15) is 0 Å². The van der Waals surface area contributed by atoms with Crippen LogP contribution in [0.25, 0.3) is 0 Å². The van der Waals surface area contributed by atoms with Crippen LogP contribution >= 0.6 is 0 Å². The van der Waals surface area contributed by atoms with Gasteiger partial charge in [-0.15, -0.1) is 0 Å². The molecule has 0 atom stereocenters. The van der Waals surface area contributed by atoms with Crippen LogP contribution in [0.3, 0.4) is 0 Å². The van der Waals surface area contributed by atoms with Crippen molar-refractivity contribution in [3.8, 4) is 0 Å². The SMILES string of the molecule is CCCNc1cc(NC2CCCCC2)nc(CC)n1. The average Bonchev–Trinajstić information content (AvgIpc) is 2.46. The fraction of sp³-hybridized carbons (Fsp3) is 0.733. The highest BCUT2D eigenvalue weighted by molar-refractivity contribution is 5.48. The molecule has 0 aliphatic heterocycles. The third kappa shape index (κ3) is 4.37. The first-order chi connectivity index (χ1) is 9.31. The minimum absolute atomic E-state index is 0.590. The van der Waals surface area contributed by atoms with Crippen LogP contribution in [0.5, 0.6) is 0 Å². The summed E-state index contributed by atoms with van der Waals surface area (Å²) in [4.78, 5) is 9.11. The summed E-state index contributed by atoms with van der Waals surface area (Å²) in [6, 6.07) is 2.64. The van der Waals surface area contributed by atoms with Gasteiger partial charge in [0.05, 0.1) is 0 Å². The lowest BCUT2D eigenvalue weighted by Crippen LogP contribution is -2.23. The van der Waals surface area contributed by atoms with E-state index in [1.807, 2.05) is 6.07 Å². The summed E-state index contributed by atoms with van der Waals surface area (Å²) in [5.74, 6) is 2.85. The third-order valence-electron chi connectivity index (χ3n) is 3.60. The number of hydrogen-bond donors (Lipinski definition) is 2. The molecular weight excluding hydrogens is 236 g/mol. The summed E-state index contributed by atoms with van der Waals surface area (Å²) in [7, 11) is 0. The molecule has 1 heterocycles. The van der Waals surface area contributed by atoms with Gasteiger partial charge < -0.3 is 10.6 Å². The second kappa shape index (κ2) is 7.31. The normalized spacial score (nSPS) is 16.3. The molecule has 1 aromatic heterocycles. The molecular formula is C15H26N4. The number of nitrogens with one attached hydrogen (secondary N) is 2. The second-order valence-corrected chi connectivity index (χ2v) is 5.31. The maximum Gasteiger partial charge on any atom is 0.132 e. The third-order valence-corrected chi connectivity index (χ3v) is 3.60. The van der Waals surface area contributed by atoms with Crippen LogP contribution in [0.1, 0.15) is 58.2 Å². The van der Waals surface area contributed by atoms with Crippen molar-refractivity contribution >= 4 is 11.6 Å². The van der Waals surface area contributed by atoms with Gasteiger partial charge in [-0.05, 0) is 19.3 Å². The Bertz CT molecular complexity index is 386. The molecule has 2 rings (SSSR count).